The summed E-state index contributed by atoms with van der Waals surface area (Å²) in [6.07, 6.45) is 4.34. The largest absolute Gasteiger partial charge is 0.393 e. The van der Waals surface area contributed by atoms with E-state index in [1.165, 1.54) is 12.1 Å². The van der Waals surface area contributed by atoms with Crippen LogP contribution in [0.15, 0.2) is 29.3 Å². The summed E-state index contributed by atoms with van der Waals surface area (Å²) in [6.45, 7) is 3.39. The Bertz CT molecular complexity index is 558. The van der Waals surface area contributed by atoms with Crippen molar-refractivity contribution in [1.29, 1.82) is 0 Å². The monoisotopic (exact) mass is 462 g/mol. The predicted molar refractivity (Wildman–Crippen MR) is 109 cm³/mol. The summed E-state index contributed by atoms with van der Waals surface area (Å²) in [6, 6.07) is 6.79. The Morgan fingerprint density at radius 3 is 2.48 bits per heavy atom. The molecule has 0 aromatic heterocycles. The molecule has 2 rings (SSSR count). The topological polar surface area (TPSA) is 99.8 Å². The van der Waals surface area contributed by atoms with E-state index < -0.39 is 4.92 Å². The molecule has 0 saturated heterocycles. The molecule has 3 N–H and O–H groups in total. The lowest BCUT2D eigenvalue weighted by Gasteiger charge is -2.27. The molecule has 1 saturated carbocycles. The summed E-state index contributed by atoms with van der Waals surface area (Å²) in [5.74, 6) is 0.761. The molecule has 0 atom stereocenters. The number of halogens is 1. The second-order valence-corrected chi connectivity index (χ2v) is 6.16. The molecule has 1 aliphatic rings. The van der Waals surface area contributed by atoms with Gasteiger partial charge in [0.15, 0.2) is 5.96 Å². The van der Waals surface area contributed by atoms with Gasteiger partial charge in [-0.1, -0.05) is 19.1 Å². The fourth-order valence-electron chi connectivity index (χ4n) is 2.70. The first-order valence-corrected chi connectivity index (χ1v) is 8.54. The molecule has 1 aliphatic carbocycles. The first kappa shape index (κ1) is 21.6. The zero-order valence-electron chi connectivity index (χ0n) is 14.5. The van der Waals surface area contributed by atoms with Crippen molar-refractivity contribution in [2.45, 2.75) is 57.7 Å². The van der Waals surface area contributed by atoms with E-state index >= 15 is 0 Å². The predicted octanol–water partition coefficient (Wildman–Crippen LogP) is 2.96. The number of aliphatic imine (C=N–C) groups is 1. The highest BCUT2D eigenvalue weighted by Gasteiger charge is 2.20. The summed E-state index contributed by atoms with van der Waals surface area (Å²) in [5.41, 5.74) is 1.02. The van der Waals surface area contributed by atoms with Crippen LogP contribution in [-0.2, 0) is 6.54 Å². The Kier molecular flexibility index (Phi) is 9.73. The molecule has 0 amide bonds. The quantitative estimate of drug-likeness (QED) is 0.199. The first-order chi connectivity index (χ1) is 11.6. The van der Waals surface area contributed by atoms with Gasteiger partial charge in [0.1, 0.15) is 0 Å². The zero-order valence-corrected chi connectivity index (χ0v) is 16.8. The number of nitro groups is 1. The van der Waals surface area contributed by atoms with Gasteiger partial charge in [0.05, 0.1) is 17.6 Å². The van der Waals surface area contributed by atoms with Crippen molar-refractivity contribution in [2.24, 2.45) is 4.99 Å². The molecule has 1 aromatic rings. The van der Waals surface area contributed by atoms with Gasteiger partial charge in [-0.25, -0.2) is 4.99 Å². The highest BCUT2D eigenvalue weighted by atomic mass is 127. The van der Waals surface area contributed by atoms with Crippen molar-refractivity contribution in [2.75, 3.05) is 6.54 Å². The third kappa shape index (κ3) is 7.55. The number of nitrogens with one attached hydrogen (secondary N) is 2. The van der Waals surface area contributed by atoms with Crippen LogP contribution in [0.4, 0.5) is 5.69 Å². The number of aliphatic hydroxyl groups is 1. The number of benzene rings is 1. The van der Waals surface area contributed by atoms with Crippen LogP contribution in [0.2, 0.25) is 0 Å². The number of hydrogen-bond acceptors (Lipinski definition) is 4. The van der Waals surface area contributed by atoms with E-state index in [-0.39, 0.29) is 35.8 Å². The summed E-state index contributed by atoms with van der Waals surface area (Å²) in [7, 11) is 0. The molecule has 0 aliphatic heterocycles. The third-order valence-electron chi connectivity index (χ3n) is 4.15. The van der Waals surface area contributed by atoms with E-state index in [1.54, 1.807) is 12.1 Å². The molecule has 0 unspecified atom stereocenters. The molecule has 140 valence electrons. The number of nitro benzene ring substituents is 1. The maximum absolute atomic E-state index is 10.7. The van der Waals surface area contributed by atoms with E-state index in [4.69, 9.17) is 0 Å². The summed E-state index contributed by atoms with van der Waals surface area (Å²) >= 11 is 0. The lowest BCUT2D eigenvalue weighted by molar-refractivity contribution is -0.384. The Morgan fingerprint density at radius 2 is 1.92 bits per heavy atom. The first-order valence-electron chi connectivity index (χ1n) is 8.54. The average molecular weight is 462 g/mol. The van der Waals surface area contributed by atoms with Crippen molar-refractivity contribution < 1.29 is 10.0 Å². The molecule has 7 nitrogen and oxygen atoms in total. The number of guanidine groups is 1. The number of hydrogen-bond donors (Lipinski definition) is 3. The van der Waals surface area contributed by atoms with Gasteiger partial charge < -0.3 is 15.7 Å². The van der Waals surface area contributed by atoms with Crippen molar-refractivity contribution in [1.82, 2.24) is 10.6 Å². The molecule has 0 bridgehead atoms. The van der Waals surface area contributed by atoms with Crippen LogP contribution >= 0.6 is 24.0 Å². The molecule has 25 heavy (non-hydrogen) atoms. The Morgan fingerprint density at radius 1 is 1.28 bits per heavy atom. The van der Waals surface area contributed by atoms with Crippen LogP contribution in [0.1, 0.15) is 44.6 Å². The van der Waals surface area contributed by atoms with Gasteiger partial charge in [0, 0.05) is 24.7 Å². The molecule has 1 aromatic carbocycles. The van der Waals surface area contributed by atoms with Gasteiger partial charge >= 0.3 is 0 Å². The smallest absolute Gasteiger partial charge is 0.269 e. The maximum atomic E-state index is 10.7. The molecular formula is C17H27IN4O3. The van der Waals surface area contributed by atoms with Gasteiger partial charge in [-0.3, -0.25) is 10.1 Å². The second kappa shape index (κ2) is 11.2. The second-order valence-electron chi connectivity index (χ2n) is 6.16. The van der Waals surface area contributed by atoms with Gasteiger partial charge in [0.2, 0.25) is 0 Å². The summed E-state index contributed by atoms with van der Waals surface area (Å²) < 4.78 is 0. The Hall–Kier alpha value is -1.42. The molecule has 8 heteroatoms. The zero-order chi connectivity index (χ0) is 17.4. The van der Waals surface area contributed by atoms with Crippen molar-refractivity contribution >= 4 is 35.6 Å². The SMILES string of the molecule is CCCNC(=NCc1ccc([N+](=O)[O-])cc1)NC1CCC(O)CC1.I. The van der Waals surface area contributed by atoms with E-state index in [0.29, 0.717) is 12.6 Å². The number of nitrogens with zero attached hydrogens (tertiary/aromatic N) is 2. The standard InChI is InChI=1S/C17H26N4O3.HI/c1-2-11-18-17(20-14-5-9-16(22)10-6-14)19-12-13-3-7-15(8-4-13)21(23)24;/h3-4,7-8,14,16,22H,2,5-6,9-12H2,1H3,(H2,18,19,20);1H. The lowest BCUT2D eigenvalue weighted by Crippen LogP contribution is -2.45. The minimum atomic E-state index is -0.402. The van der Waals surface area contributed by atoms with Crippen molar-refractivity contribution in [3.8, 4) is 0 Å². The molecule has 0 radical (unpaired) electrons. The van der Waals surface area contributed by atoms with Crippen LogP contribution in [-0.4, -0.2) is 34.7 Å². The molecular weight excluding hydrogens is 435 g/mol. The van der Waals surface area contributed by atoms with Crippen LogP contribution in [0.25, 0.3) is 0 Å². The lowest BCUT2D eigenvalue weighted by atomic mass is 9.93. The highest BCUT2D eigenvalue weighted by molar-refractivity contribution is 14.0. The Balaban J connectivity index is 0.00000312. The number of non-ortho nitro benzene ring substituents is 1. The number of aliphatic hydroxyl groups excluding tert-OH is 1. The van der Waals surface area contributed by atoms with Crippen LogP contribution in [0.3, 0.4) is 0 Å². The summed E-state index contributed by atoms with van der Waals surface area (Å²) in [4.78, 5) is 14.9. The Labute approximate surface area is 165 Å². The molecule has 0 spiro atoms. The minimum absolute atomic E-state index is 0. The number of rotatable bonds is 6. The van der Waals surface area contributed by atoms with Gasteiger partial charge in [-0.15, -0.1) is 24.0 Å². The van der Waals surface area contributed by atoms with Gasteiger partial charge in [0.25, 0.3) is 5.69 Å². The van der Waals surface area contributed by atoms with Gasteiger partial charge in [-0.2, -0.15) is 0 Å². The van der Waals surface area contributed by atoms with Crippen molar-refractivity contribution in [3.63, 3.8) is 0 Å². The van der Waals surface area contributed by atoms with Crippen molar-refractivity contribution in [3.05, 3.63) is 39.9 Å². The third-order valence-corrected chi connectivity index (χ3v) is 4.15. The summed E-state index contributed by atoms with van der Waals surface area (Å²) in [5, 5.41) is 27.0. The van der Waals surface area contributed by atoms with E-state index in [0.717, 1.165) is 50.2 Å². The maximum Gasteiger partial charge on any atom is 0.269 e. The highest BCUT2D eigenvalue weighted by Crippen LogP contribution is 2.18. The van der Waals surface area contributed by atoms with E-state index in [1.807, 2.05) is 0 Å². The fourth-order valence-corrected chi connectivity index (χ4v) is 2.70. The normalized spacial score (nSPS) is 20.5. The van der Waals surface area contributed by atoms with E-state index in [9.17, 15) is 15.2 Å². The van der Waals surface area contributed by atoms with Crippen LogP contribution in [0, 0.1) is 10.1 Å². The average Bonchev–Trinajstić information content (AvgIpc) is 2.59. The van der Waals surface area contributed by atoms with Crippen LogP contribution in [0.5, 0.6) is 0 Å². The molecule has 1 fully saturated rings. The van der Waals surface area contributed by atoms with Crippen LogP contribution < -0.4 is 10.6 Å². The van der Waals surface area contributed by atoms with E-state index in [2.05, 4.69) is 22.5 Å². The van der Waals surface area contributed by atoms with Gasteiger partial charge in [-0.05, 0) is 37.7 Å². The fraction of sp³-hybridized carbons (Fsp3) is 0.588. The molecule has 0 heterocycles. The minimum Gasteiger partial charge on any atom is -0.393 e.